The van der Waals surface area contributed by atoms with Crippen molar-refractivity contribution in [3.8, 4) is 0 Å². The van der Waals surface area contributed by atoms with Crippen LogP contribution in [-0.2, 0) is 30.4 Å². The van der Waals surface area contributed by atoms with Gasteiger partial charge in [0.15, 0.2) is 5.82 Å². The normalized spacial score (nSPS) is 18.2. The third-order valence-electron chi connectivity index (χ3n) is 6.40. The monoisotopic (exact) mass is 552 g/mol. The molecular formula is C24H31F3N8O2S. The van der Waals surface area contributed by atoms with Crippen molar-refractivity contribution >= 4 is 39.4 Å². The van der Waals surface area contributed by atoms with Crippen LogP contribution < -0.4 is 10.2 Å². The first-order valence-corrected chi connectivity index (χ1v) is 13.5. The van der Waals surface area contributed by atoms with Crippen LogP contribution in [0.2, 0.25) is 0 Å². The number of aryl methyl sites for hydroxylation is 1. The van der Waals surface area contributed by atoms with Gasteiger partial charge in [-0.15, -0.1) is 21.5 Å². The highest BCUT2D eigenvalue weighted by Gasteiger charge is 2.40. The smallest absolute Gasteiger partial charge is 0.444 e. The van der Waals surface area contributed by atoms with E-state index in [1.54, 1.807) is 16.2 Å². The Kier molecular flexibility index (Phi) is 6.86. The van der Waals surface area contributed by atoms with Gasteiger partial charge in [-0.1, -0.05) is 13.3 Å². The lowest BCUT2D eigenvalue weighted by Crippen LogP contribution is -2.37. The van der Waals surface area contributed by atoms with Gasteiger partial charge in [0.05, 0.1) is 11.9 Å². The Labute approximate surface area is 222 Å². The number of ether oxygens (including phenoxy) is 1. The Morgan fingerprint density at radius 3 is 2.68 bits per heavy atom. The zero-order chi connectivity index (χ0) is 27.2. The predicted octanol–water partition coefficient (Wildman–Crippen LogP) is 4.70. The molecule has 2 aliphatic heterocycles. The van der Waals surface area contributed by atoms with Crippen molar-refractivity contribution in [3.05, 3.63) is 22.6 Å². The Balaban J connectivity index is 1.40. The summed E-state index contributed by atoms with van der Waals surface area (Å²) in [6.07, 6.45) is -2.30. The van der Waals surface area contributed by atoms with E-state index in [0.717, 1.165) is 27.6 Å². The Morgan fingerprint density at radius 2 is 1.97 bits per heavy atom. The zero-order valence-corrected chi connectivity index (χ0v) is 22.6. The fourth-order valence-corrected chi connectivity index (χ4v) is 5.86. The molecule has 1 saturated heterocycles. The summed E-state index contributed by atoms with van der Waals surface area (Å²) in [5.74, 6) is 0.355. The molecule has 1 unspecified atom stereocenters. The minimum Gasteiger partial charge on any atom is -0.444 e. The number of alkyl halides is 3. The van der Waals surface area contributed by atoms with Crippen molar-refractivity contribution < 1.29 is 22.7 Å². The minimum absolute atomic E-state index is 0.0540. The van der Waals surface area contributed by atoms with Crippen LogP contribution >= 0.6 is 11.3 Å². The molecular weight excluding hydrogens is 521 g/mol. The molecule has 1 amide bonds. The third kappa shape index (κ3) is 5.49. The predicted molar refractivity (Wildman–Crippen MR) is 137 cm³/mol. The Hall–Kier alpha value is -3.16. The van der Waals surface area contributed by atoms with Crippen LogP contribution in [0.25, 0.3) is 10.2 Å². The van der Waals surface area contributed by atoms with Gasteiger partial charge in [0.25, 0.3) is 0 Å². The van der Waals surface area contributed by atoms with Crippen LogP contribution in [0.3, 0.4) is 0 Å². The number of aromatic nitrogens is 5. The van der Waals surface area contributed by atoms with Gasteiger partial charge in [0.1, 0.15) is 16.2 Å². The number of likely N-dealkylation sites (tertiary alicyclic amines) is 1. The van der Waals surface area contributed by atoms with E-state index in [-0.39, 0.29) is 31.0 Å². The molecule has 38 heavy (non-hydrogen) atoms. The maximum Gasteiger partial charge on any atom is 0.451 e. The van der Waals surface area contributed by atoms with Crippen molar-refractivity contribution in [2.45, 2.75) is 77.9 Å². The van der Waals surface area contributed by atoms with E-state index in [1.807, 2.05) is 25.7 Å². The summed E-state index contributed by atoms with van der Waals surface area (Å²) in [6.45, 7) is 9.22. The number of anilines is 2. The number of fused-ring (bicyclic) bond motifs is 2. The number of halogens is 3. The fraction of sp³-hybridized carbons (Fsp3) is 0.625. The van der Waals surface area contributed by atoms with Crippen LogP contribution in [0.4, 0.5) is 29.7 Å². The molecule has 0 radical (unpaired) electrons. The highest BCUT2D eigenvalue weighted by atomic mass is 32.1. The molecule has 5 rings (SSSR count). The van der Waals surface area contributed by atoms with E-state index in [9.17, 15) is 18.0 Å². The van der Waals surface area contributed by atoms with Crippen molar-refractivity contribution in [3.63, 3.8) is 0 Å². The van der Waals surface area contributed by atoms with Gasteiger partial charge < -0.3 is 24.4 Å². The number of nitrogens with zero attached hydrogens (tertiary/aromatic N) is 7. The quantitative estimate of drug-likeness (QED) is 0.486. The Morgan fingerprint density at radius 1 is 1.18 bits per heavy atom. The molecule has 0 spiro atoms. The number of nitrogens with one attached hydrogen (secondary N) is 1. The molecule has 3 aromatic rings. The summed E-state index contributed by atoms with van der Waals surface area (Å²) in [5, 5.41) is 11.4. The van der Waals surface area contributed by atoms with Crippen molar-refractivity contribution in [2.24, 2.45) is 0 Å². The van der Waals surface area contributed by atoms with Crippen LogP contribution in [-0.4, -0.2) is 67.0 Å². The maximum absolute atomic E-state index is 13.3. The number of hydrogen-bond acceptors (Lipinski definition) is 9. The van der Waals surface area contributed by atoms with Crippen LogP contribution in [0.5, 0.6) is 0 Å². The maximum atomic E-state index is 13.3. The van der Waals surface area contributed by atoms with E-state index < -0.39 is 17.6 Å². The number of carbonyl (C=O) groups is 1. The van der Waals surface area contributed by atoms with Gasteiger partial charge in [-0.05, 0) is 39.7 Å². The average molecular weight is 553 g/mol. The van der Waals surface area contributed by atoms with E-state index in [2.05, 4.69) is 28.5 Å². The summed E-state index contributed by atoms with van der Waals surface area (Å²) in [4.78, 5) is 27.6. The number of thiophene rings is 1. The van der Waals surface area contributed by atoms with Crippen molar-refractivity contribution in [1.82, 2.24) is 29.6 Å². The van der Waals surface area contributed by atoms with Gasteiger partial charge in [0, 0.05) is 37.1 Å². The Bertz CT molecular complexity index is 1330. The second-order valence-corrected chi connectivity index (χ2v) is 11.7. The zero-order valence-electron chi connectivity index (χ0n) is 21.8. The first kappa shape index (κ1) is 26.4. The molecule has 1 N–H and O–H groups in total. The summed E-state index contributed by atoms with van der Waals surface area (Å²) in [5.41, 5.74) is -0.569. The summed E-state index contributed by atoms with van der Waals surface area (Å²) < 4.78 is 46.6. The lowest BCUT2D eigenvalue weighted by atomic mass is 10.2. The molecule has 206 valence electrons. The van der Waals surface area contributed by atoms with E-state index >= 15 is 0 Å². The van der Waals surface area contributed by atoms with E-state index in [1.165, 1.54) is 4.88 Å². The number of hydrogen-bond donors (Lipinski definition) is 1. The number of rotatable bonds is 5. The van der Waals surface area contributed by atoms with E-state index in [0.29, 0.717) is 37.8 Å². The van der Waals surface area contributed by atoms with Gasteiger partial charge in [-0.3, -0.25) is 0 Å². The van der Waals surface area contributed by atoms with Gasteiger partial charge in [0.2, 0.25) is 11.8 Å². The largest absolute Gasteiger partial charge is 0.451 e. The van der Waals surface area contributed by atoms with Crippen LogP contribution in [0.1, 0.15) is 57.1 Å². The number of carbonyl (C=O) groups excluding carboxylic acids is 1. The van der Waals surface area contributed by atoms with Gasteiger partial charge >= 0.3 is 12.3 Å². The highest BCUT2D eigenvalue weighted by Crippen LogP contribution is 2.36. The lowest BCUT2D eigenvalue weighted by molar-refractivity contribution is -0.147. The molecule has 0 bridgehead atoms. The SMILES string of the molecule is CCCc1cc2c(N3CCn4c(nnc4C(F)(F)F)C3)nc(NC3CCN(C(=O)OC(C)(C)C)C3)nc2s1. The van der Waals surface area contributed by atoms with Gasteiger partial charge in [-0.2, -0.15) is 18.2 Å². The molecule has 10 nitrogen and oxygen atoms in total. The van der Waals surface area contributed by atoms with Gasteiger partial charge in [-0.25, -0.2) is 9.78 Å². The van der Waals surface area contributed by atoms with Crippen LogP contribution in [0.15, 0.2) is 6.07 Å². The topological polar surface area (TPSA) is 101 Å². The number of amides is 1. The molecule has 2 aliphatic rings. The molecule has 0 aromatic carbocycles. The fourth-order valence-electron chi connectivity index (χ4n) is 4.73. The highest BCUT2D eigenvalue weighted by molar-refractivity contribution is 7.18. The second-order valence-electron chi connectivity index (χ2n) is 10.6. The minimum atomic E-state index is -4.55. The average Bonchev–Trinajstić information content (AvgIpc) is 3.54. The molecule has 14 heteroatoms. The molecule has 5 heterocycles. The van der Waals surface area contributed by atoms with Crippen LogP contribution in [0, 0.1) is 0 Å². The molecule has 3 aromatic heterocycles. The summed E-state index contributed by atoms with van der Waals surface area (Å²) in [7, 11) is 0. The molecule has 0 aliphatic carbocycles. The van der Waals surface area contributed by atoms with Crippen molar-refractivity contribution in [1.29, 1.82) is 0 Å². The summed E-state index contributed by atoms with van der Waals surface area (Å²) in [6, 6.07) is 2.02. The molecule has 1 atom stereocenters. The second kappa shape index (κ2) is 9.86. The van der Waals surface area contributed by atoms with E-state index in [4.69, 9.17) is 14.7 Å². The van der Waals surface area contributed by atoms with Crippen molar-refractivity contribution in [2.75, 3.05) is 29.9 Å². The first-order chi connectivity index (χ1) is 17.9. The summed E-state index contributed by atoms with van der Waals surface area (Å²) >= 11 is 1.59. The lowest BCUT2D eigenvalue weighted by Gasteiger charge is -2.29. The molecule has 0 saturated carbocycles. The standard InChI is InChI=1S/C24H31F3N8O2S/c1-5-6-15-11-16-18(33-9-10-35-17(13-33)31-32-20(35)24(25,26)27)29-21(30-19(16)38-15)28-14-7-8-34(12-14)22(36)37-23(2,3)4/h11,14H,5-10,12-13H2,1-4H3,(H,28,29,30). The first-order valence-electron chi connectivity index (χ1n) is 12.7. The molecule has 1 fully saturated rings. The third-order valence-corrected chi connectivity index (χ3v) is 7.49.